The van der Waals surface area contributed by atoms with E-state index in [0.717, 1.165) is 22.7 Å². The van der Waals surface area contributed by atoms with Gasteiger partial charge in [-0.05, 0) is 82.1 Å². The number of hydrogen-bond acceptors (Lipinski definition) is 1. The molecule has 0 saturated heterocycles. The topological polar surface area (TPSA) is 8.17 Å². The Hall–Kier alpha value is -6.38. The minimum absolute atomic E-state index is 1.09. The second-order valence-corrected chi connectivity index (χ2v) is 12.2. The average Bonchev–Trinajstić information content (AvgIpc) is 3.48. The quantitative estimate of drug-likeness (QED) is 0.181. The molecule has 226 valence electrons. The van der Waals surface area contributed by atoms with Crippen molar-refractivity contribution in [2.24, 2.45) is 0 Å². The predicted molar refractivity (Wildman–Crippen MR) is 204 cm³/mol. The van der Waals surface area contributed by atoms with E-state index in [1.165, 1.54) is 54.8 Å². The minimum Gasteiger partial charge on any atom is -0.310 e. The molecular formula is C46H32N2. The molecule has 2 heteroatoms. The van der Waals surface area contributed by atoms with Gasteiger partial charge in [0.15, 0.2) is 0 Å². The van der Waals surface area contributed by atoms with E-state index in [1.54, 1.807) is 0 Å². The molecule has 2 nitrogen and oxygen atoms in total. The van der Waals surface area contributed by atoms with Gasteiger partial charge in [-0.2, -0.15) is 0 Å². The summed E-state index contributed by atoms with van der Waals surface area (Å²) < 4.78 is 2.42. The van der Waals surface area contributed by atoms with Crippen LogP contribution in [0, 0.1) is 0 Å². The first-order chi connectivity index (χ1) is 23.8. The van der Waals surface area contributed by atoms with Crippen molar-refractivity contribution in [3.63, 3.8) is 0 Å². The maximum absolute atomic E-state index is 2.42. The minimum atomic E-state index is 1.09. The summed E-state index contributed by atoms with van der Waals surface area (Å²) >= 11 is 0. The predicted octanol–water partition coefficient (Wildman–Crippen LogP) is 12.7. The average molecular weight is 613 g/mol. The zero-order chi connectivity index (χ0) is 31.9. The van der Waals surface area contributed by atoms with Crippen LogP contribution in [-0.2, 0) is 0 Å². The Morgan fingerprint density at radius 3 is 1.77 bits per heavy atom. The molecule has 0 unspecified atom stereocenters. The highest BCUT2D eigenvalue weighted by atomic mass is 15.1. The smallest absolute Gasteiger partial charge is 0.0547 e. The normalized spacial score (nSPS) is 11.3. The van der Waals surface area contributed by atoms with Crippen LogP contribution in [-0.4, -0.2) is 4.57 Å². The lowest BCUT2D eigenvalue weighted by molar-refractivity contribution is 1.17. The first-order valence-corrected chi connectivity index (χ1v) is 16.4. The van der Waals surface area contributed by atoms with Crippen molar-refractivity contribution in [3.8, 4) is 27.9 Å². The van der Waals surface area contributed by atoms with Crippen molar-refractivity contribution in [1.29, 1.82) is 0 Å². The van der Waals surface area contributed by atoms with Gasteiger partial charge in [-0.25, -0.2) is 0 Å². The van der Waals surface area contributed by atoms with Crippen molar-refractivity contribution in [1.82, 2.24) is 4.57 Å². The summed E-state index contributed by atoms with van der Waals surface area (Å²) in [6.07, 6.45) is 0. The molecule has 0 atom stereocenters. The molecule has 0 radical (unpaired) electrons. The Labute approximate surface area is 280 Å². The highest BCUT2D eigenvalue weighted by Gasteiger charge is 2.19. The molecule has 0 saturated carbocycles. The summed E-state index contributed by atoms with van der Waals surface area (Å²) in [5, 5.41) is 5.01. The molecule has 1 heterocycles. The van der Waals surface area contributed by atoms with E-state index in [0.29, 0.717) is 0 Å². The van der Waals surface area contributed by atoms with Gasteiger partial charge in [0.05, 0.1) is 16.7 Å². The van der Waals surface area contributed by atoms with Gasteiger partial charge < -0.3 is 9.47 Å². The van der Waals surface area contributed by atoms with Crippen LogP contribution < -0.4 is 4.90 Å². The van der Waals surface area contributed by atoms with Crippen molar-refractivity contribution in [2.45, 2.75) is 0 Å². The zero-order valence-corrected chi connectivity index (χ0v) is 26.4. The van der Waals surface area contributed by atoms with E-state index >= 15 is 0 Å². The number of anilines is 3. The number of para-hydroxylation sites is 2. The third-order valence-corrected chi connectivity index (χ3v) is 9.35. The van der Waals surface area contributed by atoms with E-state index in [2.05, 4.69) is 204 Å². The van der Waals surface area contributed by atoms with Crippen LogP contribution in [0.3, 0.4) is 0 Å². The van der Waals surface area contributed by atoms with Crippen LogP contribution in [0.2, 0.25) is 0 Å². The lowest BCUT2D eigenvalue weighted by Gasteiger charge is -2.28. The Kier molecular flexibility index (Phi) is 6.84. The Bertz CT molecular complexity index is 2550. The number of nitrogens with zero attached hydrogens (tertiary/aromatic N) is 2. The van der Waals surface area contributed by atoms with Gasteiger partial charge in [0.1, 0.15) is 0 Å². The van der Waals surface area contributed by atoms with Gasteiger partial charge in [0, 0.05) is 33.4 Å². The summed E-state index contributed by atoms with van der Waals surface area (Å²) in [5.74, 6) is 0. The van der Waals surface area contributed by atoms with Crippen LogP contribution in [0.4, 0.5) is 17.1 Å². The van der Waals surface area contributed by atoms with Gasteiger partial charge in [-0.15, -0.1) is 0 Å². The standard InChI is InChI=1S/C46H32N2/c1-3-14-33(15-4-1)34-26-28-38(29-27-34)47(44-24-11-9-22-41(44)35-16-5-2-6-17-35)39-20-13-21-40(32-39)48-45-25-12-10-23-42(45)43-30-36-18-7-8-19-37(36)31-46(43)48/h1-32H. The highest BCUT2D eigenvalue weighted by Crippen LogP contribution is 2.42. The molecule has 0 bridgehead atoms. The first-order valence-electron chi connectivity index (χ1n) is 16.4. The number of hydrogen-bond donors (Lipinski definition) is 0. The first kappa shape index (κ1) is 27.9. The summed E-state index contributed by atoms with van der Waals surface area (Å²) in [7, 11) is 0. The van der Waals surface area contributed by atoms with E-state index in [1.807, 2.05) is 0 Å². The molecule has 9 rings (SSSR count). The molecule has 48 heavy (non-hydrogen) atoms. The van der Waals surface area contributed by atoms with E-state index < -0.39 is 0 Å². The molecule has 1 aromatic heterocycles. The van der Waals surface area contributed by atoms with Gasteiger partial charge >= 0.3 is 0 Å². The second kappa shape index (κ2) is 11.8. The maximum atomic E-state index is 2.42. The van der Waals surface area contributed by atoms with Crippen molar-refractivity contribution in [2.75, 3.05) is 4.90 Å². The molecule has 8 aromatic carbocycles. The maximum Gasteiger partial charge on any atom is 0.0547 e. The third kappa shape index (κ3) is 4.83. The summed E-state index contributed by atoms with van der Waals surface area (Å²) in [6.45, 7) is 0. The Morgan fingerprint density at radius 2 is 0.979 bits per heavy atom. The number of aromatic nitrogens is 1. The molecule has 0 amide bonds. The van der Waals surface area contributed by atoms with Crippen LogP contribution in [0.25, 0.3) is 60.5 Å². The van der Waals surface area contributed by atoms with Crippen LogP contribution in [0.1, 0.15) is 0 Å². The summed E-state index contributed by atoms with van der Waals surface area (Å²) in [4.78, 5) is 2.39. The van der Waals surface area contributed by atoms with E-state index in [9.17, 15) is 0 Å². The number of benzene rings is 8. The van der Waals surface area contributed by atoms with E-state index in [-0.39, 0.29) is 0 Å². The molecular weight excluding hydrogens is 581 g/mol. The second-order valence-electron chi connectivity index (χ2n) is 12.2. The van der Waals surface area contributed by atoms with Gasteiger partial charge in [-0.1, -0.05) is 140 Å². The van der Waals surface area contributed by atoms with Crippen LogP contribution >= 0.6 is 0 Å². The van der Waals surface area contributed by atoms with Gasteiger partial charge in [0.2, 0.25) is 0 Å². The van der Waals surface area contributed by atoms with Gasteiger partial charge in [-0.3, -0.25) is 0 Å². The Balaban J connectivity index is 1.26. The van der Waals surface area contributed by atoms with Crippen molar-refractivity contribution >= 4 is 49.6 Å². The van der Waals surface area contributed by atoms with Crippen LogP contribution in [0.5, 0.6) is 0 Å². The van der Waals surface area contributed by atoms with Crippen LogP contribution in [0.15, 0.2) is 194 Å². The number of rotatable bonds is 6. The largest absolute Gasteiger partial charge is 0.310 e. The lowest BCUT2D eigenvalue weighted by atomic mass is 10.0. The lowest BCUT2D eigenvalue weighted by Crippen LogP contribution is -2.11. The Morgan fingerprint density at radius 1 is 0.354 bits per heavy atom. The molecule has 0 aliphatic heterocycles. The number of fused-ring (bicyclic) bond motifs is 4. The zero-order valence-electron chi connectivity index (χ0n) is 26.4. The molecule has 0 aliphatic carbocycles. The van der Waals surface area contributed by atoms with Crippen molar-refractivity contribution < 1.29 is 0 Å². The van der Waals surface area contributed by atoms with E-state index in [4.69, 9.17) is 0 Å². The molecule has 9 aromatic rings. The SMILES string of the molecule is c1ccc(-c2ccc(N(c3cccc(-n4c5ccccc5c5cc6ccccc6cc54)c3)c3ccccc3-c3ccccc3)cc2)cc1. The molecule has 0 fully saturated rings. The molecule has 0 spiro atoms. The fourth-order valence-electron chi connectivity index (χ4n) is 7.10. The molecule has 0 aliphatic rings. The van der Waals surface area contributed by atoms with Gasteiger partial charge in [0.25, 0.3) is 0 Å². The fourth-order valence-corrected chi connectivity index (χ4v) is 7.10. The monoisotopic (exact) mass is 612 g/mol. The summed E-state index contributed by atoms with van der Waals surface area (Å²) in [5.41, 5.74) is 11.6. The third-order valence-electron chi connectivity index (χ3n) is 9.35. The van der Waals surface area contributed by atoms with Crippen molar-refractivity contribution in [3.05, 3.63) is 194 Å². The molecule has 0 N–H and O–H groups in total. The highest BCUT2D eigenvalue weighted by molar-refractivity contribution is 6.13. The fraction of sp³-hybridized carbons (Fsp3) is 0. The summed E-state index contributed by atoms with van der Waals surface area (Å²) in [6, 6.07) is 69.9.